The van der Waals surface area contributed by atoms with Crippen LogP contribution >= 0.6 is 0 Å². The number of nitrogens with one attached hydrogen (secondary N) is 3. The predicted octanol–water partition coefficient (Wildman–Crippen LogP) is 4.30. The van der Waals surface area contributed by atoms with Gasteiger partial charge in [0.05, 0.1) is 0 Å². The minimum absolute atomic E-state index is 0.0783. The zero-order valence-corrected chi connectivity index (χ0v) is 15.5. The highest BCUT2D eigenvalue weighted by molar-refractivity contribution is 5.98. The van der Waals surface area contributed by atoms with Crippen molar-refractivity contribution in [1.29, 1.82) is 0 Å². The second kappa shape index (κ2) is 8.36. The number of fused-ring (bicyclic) bond motifs is 1. The number of hydrogen-bond donors (Lipinski definition) is 3. The van der Waals surface area contributed by atoms with E-state index >= 15 is 0 Å². The Labute approximate surface area is 158 Å². The molecule has 3 amide bonds. The second-order valence-corrected chi connectivity index (χ2v) is 6.69. The Morgan fingerprint density at radius 2 is 1.59 bits per heavy atom. The lowest BCUT2D eigenvalue weighted by Crippen LogP contribution is -2.34. The summed E-state index contributed by atoms with van der Waals surface area (Å²) in [6.45, 7) is 4.23. The average molecular weight is 361 g/mol. The molecule has 3 aromatic carbocycles. The van der Waals surface area contributed by atoms with Crippen LogP contribution in [0.2, 0.25) is 0 Å². The van der Waals surface area contributed by atoms with Gasteiger partial charge in [0.2, 0.25) is 0 Å². The highest BCUT2D eigenvalue weighted by atomic mass is 16.2. The van der Waals surface area contributed by atoms with Crippen LogP contribution in [0.4, 0.5) is 10.5 Å². The lowest BCUT2D eigenvalue weighted by atomic mass is 10.1. The van der Waals surface area contributed by atoms with Gasteiger partial charge in [-0.2, -0.15) is 0 Å². The minimum Gasteiger partial charge on any atom is -0.348 e. The molecule has 0 saturated carbocycles. The summed E-state index contributed by atoms with van der Waals surface area (Å²) >= 11 is 0. The fraction of sp³-hybridized carbons (Fsp3) is 0.182. The number of rotatable bonds is 5. The van der Waals surface area contributed by atoms with E-state index in [-0.39, 0.29) is 18.0 Å². The van der Waals surface area contributed by atoms with Gasteiger partial charge in [0.1, 0.15) is 0 Å². The molecule has 27 heavy (non-hydrogen) atoms. The van der Waals surface area contributed by atoms with Gasteiger partial charge in [-0.05, 0) is 54.4 Å². The van der Waals surface area contributed by atoms with Crippen molar-refractivity contribution < 1.29 is 9.59 Å². The molecule has 0 aliphatic rings. The molecule has 0 atom stereocenters. The van der Waals surface area contributed by atoms with E-state index in [0.717, 1.165) is 16.3 Å². The third-order valence-corrected chi connectivity index (χ3v) is 4.10. The van der Waals surface area contributed by atoms with E-state index in [2.05, 4.69) is 16.0 Å². The molecule has 0 spiro atoms. The van der Waals surface area contributed by atoms with Crippen molar-refractivity contribution in [2.24, 2.45) is 0 Å². The lowest BCUT2D eigenvalue weighted by molar-refractivity contribution is 0.0951. The van der Waals surface area contributed by atoms with Crippen LogP contribution in [0.25, 0.3) is 10.8 Å². The Hall–Kier alpha value is -3.34. The fourth-order valence-electron chi connectivity index (χ4n) is 2.75. The van der Waals surface area contributed by atoms with E-state index in [1.54, 1.807) is 0 Å². The van der Waals surface area contributed by atoms with E-state index < -0.39 is 0 Å². The Morgan fingerprint density at radius 3 is 2.30 bits per heavy atom. The third kappa shape index (κ3) is 5.07. The fourth-order valence-corrected chi connectivity index (χ4v) is 2.75. The van der Waals surface area contributed by atoms with Gasteiger partial charge in [0.15, 0.2) is 0 Å². The molecule has 5 heteroatoms. The van der Waals surface area contributed by atoms with Crippen LogP contribution in [0.15, 0.2) is 66.7 Å². The molecule has 0 fully saturated rings. The summed E-state index contributed by atoms with van der Waals surface area (Å²) in [5, 5.41) is 10.6. The molecular weight excluding hydrogens is 338 g/mol. The van der Waals surface area contributed by atoms with Crippen LogP contribution < -0.4 is 16.0 Å². The maximum Gasteiger partial charge on any atom is 0.319 e. The lowest BCUT2D eigenvalue weighted by Gasteiger charge is -2.11. The Balaban J connectivity index is 1.57. The van der Waals surface area contributed by atoms with E-state index in [4.69, 9.17) is 0 Å². The van der Waals surface area contributed by atoms with Gasteiger partial charge in [-0.25, -0.2) is 4.79 Å². The second-order valence-electron chi connectivity index (χ2n) is 6.69. The van der Waals surface area contributed by atoms with Gasteiger partial charge in [-0.15, -0.1) is 0 Å². The number of amides is 3. The van der Waals surface area contributed by atoms with E-state index in [0.29, 0.717) is 17.8 Å². The van der Waals surface area contributed by atoms with Crippen LogP contribution in [0.1, 0.15) is 29.8 Å². The van der Waals surface area contributed by atoms with Crippen molar-refractivity contribution in [3.05, 3.63) is 77.9 Å². The standard InChI is InChI=1S/C22H23N3O2/c1-15(2)24-22(27)25-20-11-7-16(8-12-20)14-23-21(26)19-10-9-17-5-3-4-6-18(17)13-19/h3-13,15H,14H2,1-2H3,(H,23,26)(H2,24,25,27). The maximum atomic E-state index is 12.4. The van der Waals surface area contributed by atoms with Crippen LogP contribution in [-0.2, 0) is 6.54 Å². The molecule has 3 rings (SSSR count). The number of carbonyl (C=O) groups excluding carboxylic acids is 2. The Morgan fingerprint density at radius 1 is 0.889 bits per heavy atom. The summed E-state index contributed by atoms with van der Waals surface area (Å²) in [6.07, 6.45) is 0. The molecule has 0 unspecified atom stereocenters. The smallest absolute Gasteiger partial charge is 0.319 e. The number of urea groups is 1. The van der Waals surface area contributed by atoms with Crippen LogP contribution in [0, 0.1) is 0 Å². The van der Waals surface area contributed by atoms with Crippen LogP contribution in [-0.4, -0.2) is 18.0 Å². The summed E-state index contributed by atoms with van der Waals surface area (Å²) in [5.41, 5.74) is 2.30. The Kier molecular flexibility index (Phi) is 5.71. The van der Waals surface area contributed by atoms with E-state index in [1.807, 2.05) is 80.6 Å². The zero-order valence-electron chi connectivity index (χ0n) is 15.5. The van der Waals surface area contributed by atoms with Crippen molar-refractivity contribution in [3.8, 4) is 0 Å². The highest BCUT2D eigenvalue weighted by Crippen LogP contribution is 2.16. The van der Waals surface area contributed by atoms with E-state index in [9.17, 15) is 9.59 Å². The molecule has 5 nitrogen and oxygen atoms in total. The first-order valence-corrected chi connectivity index (χ1v) is 8.95. The summed E-state index contributed by atoms with van der Waals surface area (Å²) in [7, 11) is 0. The molecule has 0 saturated heterocycles. The van der Waals surface area contributed by atoms with Gasteiger partial charge in [-0.3, -0.25) is 4.79 Å². The first kappa shape index (κ1) is 18.5. The zero-order chi connectivity index (χ0) is 19.2. The van der Waals surface area contributed by atoms with Gasteiger partial charge in [-0.1, -0.05) is 42.5 Å². The van der Waals surface area contributed by atoms with Gasteiger partial charge < -0.3 is 16.0 Å². The molecule has 0 heterocycles. The summed E-state index contributed by atoms with van der Waals surface area (Å²) in [6, 6.07) is 20.9. The molecule has 138 valence electrons. The Bertz CT molecular complexity index is 949. The molecule has 0 aliphatic heterocycles. The molecule has 0 radical (unpaired) electrons. The summed E-state index contributed by atoms with van der Waals surface area (Å²) in [4.78, 5) is 24.1. The first-order chi connectivity index (χ1) is 13.0. The van der Waals surface area contributed by atoms with Crippen molar-refractivity contribution in [1.82, 2.24) is 10.6 Å². The topological polar surface area (TPSA) is 70.2 Å². The quantitative estimate of drug-likeness (QED) is 0.634. The number of carbonyl (C=O) groups is 2. The summed E-state index contributed by atoms with van der Waals surface area (Å²) < 4.78 is 0. The maximum absolute atomic E-state index is 12.4. The summed E-state index contributed by atoms with van der Waals surface area (Å²) in [5.74, 6) is -0.112. The minimum atomic E-state index is -0.234. The normalized spacial score (nSPS) is 10.6. The van der Waals surface area contributed by atoms with Gasteiger partial charge in [0.25, 0.3) is 5.91 Å². The molecule has 3 aromatic rings. The molecule has 0 aromatic heterocycles. The largest absolute Gasteiger partial charge is 0.348 e. The van der Waals surface area contributed by atoms with Crippen LogP contribution in [0.5, 0.6) is 0 Å². The third-order valence-electron chi connectivity index (χ3n) is 4.10. The number of benzene rings is 3. The van der Waals surface area contributed by atoms with Crippen molar-refractivity contribution in [2.75, 3.05) is 5.32 Å². The van der Waals surface area contributed by atoms with Gasteiger partial charge in [0, 0.05) is 23.8 Å². The highest BCUT2D eigenvalue weighted by Gasteiger charge is 2.07. The van der Waals surface area contributed by atoms with Crippen LogP contribution in [0.3, 0.4) is 0 Å². The van der Waals surface area contributed by atoms with Crippen molar-refractivity contribution in [2.45, 2.75) is 26.4 Å². The average Bonchev–Trinajstić information content (AvgIpc) is 2.66. The molecule has 0 bridgehead atoms. The molecule has 3 N–H and O–H groups in total. The molecule has 0 aliphatic carbocycles. The first-order valence-electron chi connectivity index (χ1n) is 8.95. The SMILES string of the molecule is CC(C)NC(=O)Nc1ccc(CNC(=O)c2ccc3ccccc3c2)cc1. The van der Waals surface area contributed by atoms with E-state index in [1.165, 1.54) is 0 Å². The predicted molar refractivity (Wildman–Crippen MR) is 109 cm³/mol. The van der Waals surface area contributed by atoms with Crippen molar-refractivity contribution >= 4 is 28.4 Å². The van der Waals surface area contributed by atoms with Gasteiger partial charge >= 0.3 is 6.03 Å². The van der Waals surface area contributed by atoms with Crippen molar-refractivity contribution in [3.63, 3.8) is 0 Å². The monoisotopic (exact) mass is 361 g/mol. The molecular formula is C22H23N3O2. The number of hydrogen-bond acceptors (Lipinski definition) is 2. The number of anilines is 1.